The van der Waals surface area contributed by atoms with E-state index >= 15 is 0 Å². The number of rotatable bonds is 4. The Hall–Kier alpha value is -0.510. The molecule has 1 aromatic carbocycles. The minimum Gasteiger partial charge on any atom is -0.394 e. The lowest BCUT2D eigenvalue weighted by molar-refractivity contribution is 0.244. The molecule has 13 heavy (non-hydrogen) atoms. The fraction of sp³-hybridized carbons (Fsp3) is 0.400. The Bertz CT molecular complexity index is 238. The summed E-state index contributed by atoms with van der Waals surface area (Å²) in [4.78, 5) is 0. The minimum absolute atomic E-state index is 0.0197. The lowest BCUT2D eigenvalue weighted by atomic mass is 10.1. The molecule has 0 amide bonds. The molecule has 1 rings (SSSR count). The Morgan fingerprint density at radius 2 is 2.00 bits per heavy atom. The Balaban J connectivity index is 2.67. The smallest absolute Gasteiger partial charge is 0.0626 e. The summed E-state index contributed by atoms with van der Waals surface area (Å²) in [6.07, 6.45) is 0. The third kappa shape index (κ3) is 3.38. The number of benzene rings is 1. The molecule has 0 bridgehead atoms. The van der Waals surface area contributed by atoms with E-state index in [2.05, 4.69) is 17.9 Å². The molecule has 0 aliphatic rings. The molecular weight excluding hydrogens is 182 g/mol. The number of thiol groups is 1. The molecule has 0 aromatic heterocycles. The summed E-state index contributed by atoms with van der Waals surface area (Å²) in [5, 5.41) is 12.4. The summed E-state index contributed by atoms with van der Waals surface area (Å²) >= 11 is 4.22. The van der Waals surface area contributed by atoms with Gasteiger partial charge in [0.2, 0.25) is 0 Å². The maximum Gasteiger partial charge on any atom is 0.0626 e. The van der Waals surface area contributed by atoms with E-state index in [0.717, 1.165) is 5.56 Å². The molecule has 0 aliphatic heterocycles. The standard InChI is InChI=1S/C10H15NOS/c1-8(13)11-10(7-12)9-5-3-2-4-6-9/h2-6,8,10-13H,7H2,1H3/t8?,10-/m0/s1. The largest absolute Gasteiger partial charge is 0.394 e. The van der Waals surface area contributed by atoms with Crippen LogP contribution in [0.5, 0.6) is 0 Å². The summed E-state index contributed by atoms with van der Waals surface area (Å²) in [6, 6.07) is 9.84. The first-order valence-electron chi connectivity index (χ1n) is 4.34. The van der Waals surface area contributed by atoms with E-state index in [-0.39, 0.29) is 18.0 Å². The lowest BCUT2D eigenvalue weighted by Crippen LogP contribution is -2.29. The van der Waals surface area contributed by atoms with Gasteiger partial charge in [-0.1, -0.05) is 30.3 Å². The first-order valence-corrected chi connectivity index (χ1v) is 4.85. The average molecular weight is 197 g/mol. The molecular formula is C10H15NOS. The molecule has 2 N–H and O–H groups in total. The molecule has 0 fully saturated rings. The van der Waals surface area contributed by atoms with Crippen molar-refractivity contribution in [1.29, 1.82) is 0 Å². The number of aliphatic hydroxyl groups is 1. The summed E-state index contributed by atoms with van der Waals surface area (Å²) in [7, 11) is 0. The fourth-order valence-corrected chi connectivity index (χ4v) is 1.41. The average Bonchev–Trinajstić information content (AvgIpc) is 2.15. The molecule has 0 saturated carbocycles. The molecule has 1 aromatic rings. The van der Waals surface area contributed by atoms with Crippen molar-refractivity contribution in [3.63, 3.8) is 0 Å². The first kappa shape index (κ1) is 10.6. The van der Waals surface area contributed by atoms with Crippen LogP contribution in [0.2, 0.25) is 0 Å². The van der Waals surface area contributed by atoms with Crippen molar-refractivity contribution in [2.24, 2.45) is 0 Å². The Morgan fingerprint density at radius 1 is 1.38 bits per heavy atom. The van der Waals surface area contributed by atoms with Crippen LogP contribution in [0.15, 0.2) is 30.3 Å². The second-order valence-electron chi connectivity index (χ2n) is 2.99. The summed E-state index contributed by atoms with van der Waals surface area (Å²) in [5.74, 6) is 0. The van der Waals surface area contributed by atoms with Gasteiger partial charge >= 0.3 is 0 Å². The second-order valence-corrected chi connectivity index (χ2v) is 3.76. The highest BCUT2D eigenvalue weighted by molar-refractivity contribution is 7.80. The van der Waals surface area contributed by atoms with Crippen LogP contribution in [0.1, 0.15) is 18.5 Å². The highest BCUT2D eigenvalue weighted by Crippen LogP contribution is 2.12. The van der Waals surface area contributed by atoms with Gasteiger partial charge in [-0.05, 0) is 12.5 Å². The zero-order valence-corrected chi connectivity index (χ0v) is 8.54. The van der Waals surface area contributed by atoms with Crippen molar-refractivity contribution < 1.29 is 5.11 Å². The van der Waals surface area contributed by atoms with E-state index in [1.807, 2.05) is 37.3 Å². The monoisotopic (exact) mass is 197 g/mol. The van der Waals surface area contributed by atoms with Crippen molar-refractivity contribution in [3.05, 3.63) is 35.9 Å². The quantitative estimate of drug-likeness (QED) is 0.506. The molecule has 0 heterocycles. The number of hydrogen-bond donors (Lipinski definition) is 3. The fourth-order valence-electron chi connectivity index (χ4n) is 1.23. The minimum atomic E-state index is -0.0197. The third-order valence-corrected chi connectivity index (χ3v) is 1.98. The predicted octanol–water partition coefficient (Wildman–Crippen LogP) is 1.59. The number of nitrogens with one attached hydrogen (secondary N) is 1. The van der Waals surface area contributed by atoms with Crippen LogP contribution in [0, 0.1) is 0 Å². The van der Waals surface area contributed by atoms with Gasteiger partial charge in [0.15, 0.2) is 0 Å². The Labute approximate surface area is 84.4 Å². The lowest BCUT2D eigenvalue weighted by Gasteiger charge is -2.18. The van der Waals surface area contributed by atoms with Gasteiger partial charge in [0.1, 0.15) is 0 Å². The molecule has 0 radical (unpaired) electrons. The number of hydrogen-bond acceptors (Lipinski definition) is 3. The van der Waals surface area contributed by atoms with Crippen LogP contribution in [0.3, 0.4) is 0 Å². The van der Waals surface area contributed by atoms with E-state index in [9.17, 15) is 0 Å². The van der Waals surface area contributed by atoms with E-state index < -0.39 is 0 Å². The van der Waals surface area contributed by atoms with Gasteiger partial charge in [0, 0.05) is 5.37 Å². The summed E-state index contributed by atoms with van der Waals surface area (Å²) < 4.78 is 0. The van der Waals surface area contributed by atoms with Crippen LogP contribution >= 0.6 is 12.6 Å². The molecule has 3 heteroatoms. The predicted molar refractivity (Wildman–Crippen MR) is 57.9 cm³/mol. The van der Waals surface area contributed by atoms with Crippen molar-refractivity contribution in [1.82, 2.24) is 5.32 Å². The molecule has 2 nitrogen and oxygen atoms in total. The number of aliphatic hydroxyl groups excluding tert-OH is 1. The maximum absolute atomic E-state index is 9.13. The SMILES string of the molecule is CC(S)N[C@@H](CO)c1ccccc1. The molecule has 2 atom stereocenters. The van der Waals surface area contributed by atoms with Crippen LogP contribution in [-0.2, 0) is 0 Å². The zero-order chi connectivity index (χ0) is 9.68. The van der Waals surface area contributed by atoms with E-state index in [1.54, 1.807) is 0 Å². The molecule has 0 spiro atoms. The summed E-state index contributed by atoms with van der Waals surface area (Å²) in [6.45, 7) is 2.03. The van der Waals surface area contributed by atoms with E-state index in [0.29, 0.717) is 0 Å². The molecule has 0 aliphatic carbocycles. The van der Waals surface area contributed by atoms with Crippen LogP contribution in [0.4, 0.5) is 0 Å². The van der Waals surface area contributed by atoms with Gasteiger partial charge in [-0.15, -0.1) is 0 Å². The molecule has 72 valence electrons. The van der Waals surface area contributed by atoms with Crippen LogP contribution < -0.4 is 5.32 Å². The Kier molecular flexibility index (Phi) is 4.28. The van der Waals surface area contributed by atoms with Crippen LogP contribution in [-0.4, -0.2) is 17.1 Å². The molecule has 0 saturated heterocycles. The zero-order valence-electron chi connectivity index (χ0n) is 7.64. The van der Waals surface area contributed by atoms with Gasteiger partial charge < -0.3 is 5.11 Å². The maximum atomic E-state index is 9.13. The highest BCUT2D eigenvalue weighted by Gasteiger charge is 2.09. The highest BCUT2D eigenvalue weighted by atomic mass is 32.1. The van der Waals surface area contributed by atoms with Gasteiger partial charge in [0.05, 0.1) is 12.6 Å². The van der Waals surface area contributed by atoms with Crippen LogP contribution in [0.25, 0.3) is 0 Å². The Morgan fingerprint density at radius 3 is 2.46 bits per heavy atom. The van der Waals surface area contributed by atoms with Gasteiger partial charge in [-0.25, -0.2) is 0 Å². The third-order valence-electron chi connectivity index (χ3n) is 1.83. The van der Waals surface area contributed by atoms with Gasteiger partial charge in [0.25, 0.3) is 0 Å². The van der Waals surface area contributed by atoms with Gasteiger partial charge in [-0.2, -0.15) is 12.6 Å². The van der Waals surface area contributed by atoms with E-state index in [1.165, 1.54) is 0 Å². The van der Waals surface area contributed by atoms with E-state index in [4.69, 9.17) is 5.11 Å². The topological polar surface area (TPSA) is 32.3 Å². The van der Waals surface area contributed by atoms with Crippen molar-refractivity contribution in [2.75, 3.05) is 6.61 Å². The second kappa shape index (κ2) is 5.27. The van der Waals surface area contributed by atoms with Crippen molar-refractivity contribution in [3.8, 4) is 0 Å². The summed E-state index contributed by atoms with van der Waals surface area (Å²) in [5.41, 5.74) is 1.09. The normalized spacial score (nSPS) is 15.3. The van der Waals surface area contributed by atoms with Crippen molar-refractivity contribution >= 4 is 12.6 Å². The first-order chi connectivity index (χ1) is 6.24. The van der Waals surface area contributed by atoms with Gasteiger partial charge in [-0.3, -0.25) is 5.32 Å². The van der Waals surface area contributed by atoms with Crippen molar-refractivity contribution in [2.45, 2.75) is 18.3 Å². The molecule has 1 unspecified atom stereocenters.